The summed E-state index contributed by atoms with van der Waals surface area (Å²) in [5.41, 5.74) is 3.95. The number of aliphatic hydroxyl groups is 1. The number of aryl methyl sites for hydroxylation is 2. The number of hydrogen-bond acceptors (Lipinski definition) is 5. The zero-order valence-electron chi connectivity index (χ0n) is 19.9. The molecular formula is C29H27NO5. The second-order valence-corrected chi connectivity index (χ2v) is 8.36. The number of rotatable bonds is 6. The van der Waals surface area contributed by atoms with Crippen molar-refractivity contribution in [3.8, 4) is 0 Å². The number of benzene rings is 3. The van der Waals surface area contributed by atoms with Crippen LogP contribution in [-0.4, -0.2) is 29.9 Å². The van der Waals surface area contributed by atoms with Crippen LogP contribution in [0.3, 0.4) is 0 Å². The van der Waals surface area contributed by atoms with Crippen molar-refractivity contribution in [1.82, 2.24) is 0 Å². The molecule has 1 unspecified atom stereocenters. The smallest absolute Gasteiger partial charge is 0.337 e. The molecule has 1 atom stereocenters. The standard InChI is InChI=1S/C29H27NO5/c1-4-18-9-13-20(14-10-18)25-24(26(31)21-15-11-19(5-2)12-16-21)27(32)28(33)30(25)23-8-6-7-22(17-23)29(34)35-3/h6-17,25,31H,4-5H2,1-3H3/b26-24+. The van der Waals surface area contributed by atoms with Crippen molar-refractivity contribution in [1.29, 1.82) is 0 Å². The van der Waals surface area contributed by atoms with Gasteiger partial charge in [0.05, 0.1) is 24.3 Å². The fraction of sp³-hybridized carbons (Fsp3) is 0.207. The van der Waals surface area contributed by atoms with Crippen LogP contribution in [-0.2, 0) is 27.2 Å². The van der Waals surface area contributed by atoms with Crippen molar-refractivity contribution in [2.45, 2.75) is 32.7 Å². The third-order valence-electron chi connectivity index (χ3n) is 6.33. The fourth-order valence-electron chi connectivity index (χ4n) is 4.30. The first-order valence-corrected chi connectivity index (χ1v) is 11.6. The minimum absolute atomic E-state index is 0.00645. The Morgan fingerprint density at radius 3 is 2.06 bits per heavy atom. The highest BCUT2D eigenvalue weighted by Crippen LogP contribution is 2.42. The number of amides is 1. The Hall–Kier alpha value is -4.19. The molecule has 1 aliphatic heterocycles. The molecule has 35 heavy (non-hydrogen) atoms. The summed E-state index contributed by atoms with van der Waals surface area (Å²) in [5.74, 6) is -2.34. The molecule has 0 bridgehead atoms. The molecule has 3 aromatic carbocycles. The maximum Gasteiger partial charge on any atom is 0.337 e. The summed E-state index contributed by atoms with van der Waals surface area (Å²) in [7, 11) is 1.28. The second kappa shape index (κ2) is 9.97. The lowest BCUT2D eigenvalue weighted by molar-refractivity contribution is -0.132. The van der Waals surface area contributed by atoms with Crippen LogP contribution >= 0.6 is 0 Å². The van der Waals surface area contributed by atoms with Gasteiger partial charge in [0.15, 0.2) is 0 Å². The van der Waals surface area contributed by atoms with Crippen molar-refractivity contribution in [2.75, 3.05) is 12.0 Å². The number of ether oxygens (including phenoxy) is 1. The number of anilines is 1. The lowest BCUT2D eigenvalue weighted by Gasteiger charge is -2.26. The molecule has 1 heterocycles. The van der Waals surface area contributed by atoms with E-state index in [0.717, 1.165) is 24.0 Å². The summed E-state index contributed by atoms with van der Waals surface area (Å²) in [4.78, 5) is 40.1. The van der Waals surface area contributed by atoms with Crippen LogP contribution < -0.4 is 4.90 Å². The number of nitrogens with zero attached hydrogens (tertiary/aromatic N) is 1. The molecule has 0 radical (unpaired) electrons. The molecule has 6 nitrogen and oxygen atoms in total. The Morgan fingerprint density at radius 1 is 0.886 bits per heavy atom. The van der Waals surface area contributed by atoms with Crippen LogP contribution in [0.5, 0.6) is 0 Å². The second-order valence-electron chi connectivity index (χ2n) is 8.36. The lowest BCUT2D eigenvalue weighted by atomic mass is 9.94. The summed E-state index contributed by atoms with van der Waals surface area (Å²) in [6.45, 7) is 4.07. The van der Waals surface area contributed by atoms with E-state index in [9.17, 15) is 19.5 Å². The SMILES string of the molecule is CCc1ccc(/C(O)=C2\C(=O)C(=O)N(c3cccc(C(=O)OC)c3)C2c2ccc(CC)cc2)cc1. The first kappa shape index (κ1) is 24.0. The Kier molecular flexibility index (Phi) is 6.82. The number of ketones is 1. The minimum Gasteiger partial charge on any atom is -0.507 e. The molecular weight excluding hydrogens is 442 g/mol. The van der Waals surface area contributed by atoms with E-state index in [2.05, 4.69) is 0 Å². The van der Waals surface area contributed by atoms with E-state index in [-0.39, 0.29) is 16.9 Å². The summed E-state index contributed by atoms with van der Waals surface area (Å²) in [6, 6.07) is 20.4. The first-order valence-electron chi connectivity index (χ1n) is 11.6. The maximum absolute atomic E-state index is 13.3. The lowest BCUT2D eigenvalue weighted by Crippen LogP contribution is -2.29. The predicted molar refractivity (Wildman–Crippen MR) is 134 cm³/mol. The molecule has 0 saturated carbocycles. The minimum atomic E-state index is -0.861. The molecule has 0 aromatic heterocycles. The number of carbonyl (C=O) groups is 3. The van der Waals surface area contributed by atoms with Crippen LogP contribution in [0.15, 0.2) is 78.4 Å². The summed E-state index contributed by atoms with van der Waals surface area (Å²) in [6.07, 6.45) is 1.68. The number of aliphatic hydroxyl groups excluding tert-OH is 1. The topological polar surface area (TPSA) is 83.9 Å². The molecule has 1 aliphatic rings. The molecule has 3 aromatic rings. The van der Waals surface area contributed by atoms with Crippen molar-refractivity contribution in [3.63, 3.8) is 0 Å². The number of Topliss-reactive ketones (excluding diaryl/α,β-unsaturated/α-hetero) is 1. The van der Waals surface area contributed by atoms with Crippen molar-refractivity contribution in [3.05, 3.63) is 106 Å². The Morgan fingerprint density at radius 2 is 1.49 bits per heavy atom. The zero-order valence-corrected chi connectivity index (χ0v) is 19.9. The molecule has 1 saturated heterocycles. The van der Waals surface area contributed by atoms with Gasteiger partial charge in [0, 0.05) is 11.3 Å². The van der Waals surface area contributed by atoms with Crippen molar-refractivity contribution >= 4 is 29.1 Å². The van der Waals surface area contributed by atoms with Crippen molar-refractivity contribution < 1.29 is 24.2 Å². The van der Waals surface area contributed by atoms with Crippen LogP contribution in [0.1, 0.15) is 52.5 Å². The van der Waals surface area contributed by atoms with Gasteiger partial charge in [0.25, 0.3) is 11.7 Å². The van der Waals surface area contributed by atoms with Gasteiger partial charge in [0.2, 0.25) is 0 Å². The molecule has 1 amide bonds. The highest BCUT2D eigenvalue weighted by Gasteiger charge is 2.47. The highest BCUT2D eigenvalue weighted by atomic mass is 16.5. The monoisotopic (exact) mass is 469 g/mol. The molecule has 0 aliphatic carbocycles. The molecule has 178 valence electrons. The zero-order chi connectivity index (χ0) is 25.1. The van der Waals surface area contributed by atoms with Gasteiger partial charge in [-0.3, -0.25) is 14.5 Å². The fourth-order valence-corrected chi connectivity index (χ4v) is 4.30. The van der Waals surface area contributed by atoms with Crippen LogP contribution in [0, 0.1) is 0 Å². The number of esters is 1. The quantitative estimate of drug-likeness (QED) is 0.231. The summed E-state index contributed by atoms with van der Waals surface area (Å²) < 4.78 is 4.82. The number of carbonyl (C=O) groups excluding carboxylic acids is 3. The van der Waals surface area contributed by atoms with Gasteiger partial charge < -0.3 is 9.84 Å². The van der Waals surface area contributed by atoms with Crippen LogP contribution in [0.25, 0.3) is 5.76 Å². The van der Waals surface area contributed by atoms with Gasteiger partial charge in [-0.1, -0.05) is 68.4 Å². The van der Waals surface area contributed by atoms with Gasteiger partial charge in [0.1, 0.15) is 5.76 Å². The molecule has 0 spiro atoms. The Bertz CT molecular complexity index is 1310. The number of hydrogen-bond donors (Lipinski definition) is 1. The van der Waals surface area contributed by atoms with Gasteiger partial charge in [-0.2, -0.15) is 0 Å². The van der Waals surface area contributed by atoms with Crippen molar-refractivity contribution in [2.24, 2.45) is 0 Å². The molecule has 1 N–H and O–H groups in total. The summed E-state index contributed by atoms with van der Waals surface area (Å²) in [5, 5.41) is 11.3. The average Bonchev–Trinajstić information content (AvgIpc) is 3.18. The third-order valence-corrected chi connectivity index (χ3v) is 6.33. The van der Waals surface area contributed by atoms with Gasteiger partial charge in [-0.25, -0.2) is 4.79 Å². The van der Waals surface area contributed by atoms with E-state index in [0.29, 0.717) is 16.8 Å². The molecule has 4 rings (SSSR count). The van der Waals surface area contributed by atoms with E-state index in [1.54, 1.807) is 30.3 Å². The van der Waals surface area contributed by atoms with E-state index in [1.807, 2.05) is 50.2 Å². The first-order chi connectivity index (χ1) is 16.9. The predicted octanol–water partition coefficient (Wildman–Crippen LogP) is 5.22. The summed E-state index contributed by atoms with van der Waals surface area (Å²) >= 11 is 0. The Balaban J connectivity index is 1.91. The van der Waals surface area contributed by atoms with Gasteiger partial charge in [-0.05, 0) is 47.7 Å². The van der Waals surface area contributed by atoms with Crippen LogP contribution in [0.2, 0.25) is 0 Å². The third kappa shape index (κ3) is 4.47. The van der Waals surface area contributed by atoms with E-state index in [1.165, 1.54) is 18.1 Å². The van der Waals surface area contributed by atoms with E-state index >= 15 is 0 Å². The van der Waals surface area contributed by atoms with E-state index < -0.39 is 23.7 Å². The van der Waals surface area contributed by atoms with E-state index in [4.69, 9.17) is 4.74 Å². The maximum atomic E-state index is 13.3. The van der Waals surface area contributed by atoms with Crippen LogP contribution in [0.4, 0.5) is 5.69 Å². The molecule has 6 heteroatoms. The normalized spacial score (nSPS) is 17.0. The highest BCUT2D eigenvalue weighted by molar-refractivity contribution is 6.51. The van der Waals surface area contributed by atoms with Gasteiger partial charge >= 0.3 is 5.97 Å². The number of methoxy groups -OCH3 is 1. The largest absolute Gasteiger partial charge is 0.507 e. The molecule has 1 fully saturated rings. The Labute approximate surface area is 204 Å². The average molecular weight is 470 g/mol. The van der Waals surface area contributed by atoms with Gasteiger partial charge in [-0.15, -0.1) is 0 Å².